The van der Waals surface area contributed by atoms with E-state index in [2.05, 4.69) is 68.0 Å². The smallest absolute Gasteiger partial charge is 0.179 e. The molecule has 1 aliphatic rings. The van der Waals surface area contributed by atoms with Gasteiger partial charge < -0.3 is 10.6 Å². The molecule has 1 heterocycles. The van der Waals surface area contributed by atoms with E-state index in [-0.39, 0.29) is 6.69 Å². The lowest BCUT2D eigenvalue weighted by Crippen LogP contribution is -2.10. The molecular formula is C15H13ClIN3S2. The molecule has 7 heteroatoms. The zero-order valence-corrected chi connectivity index (χ0v) is 16.2. The quantitative estimate of drug-likeness (QED) is 0.332. The van der Waals surface area contributed by atoms with E-state index in [0.29, 0.717) is 0 Å². The first-order chi connectivity index (χ1) is 10.6. The van der Waals surface area contributed by atoms with Crippen molar-refractivity contribution >= 4 is 71.9 Å². The molecule has 0 spiro atoms. The van der Waals surface area contributed by atoms with Gasteiger partial charge in [-0.1, -0.05) is 29.3 Å². The molecule has 1 atom stereocenters. The Labute approximate surface area is 152 Å². The second kappa shape index (κ2) is 7.25. The molecule has 1 unspecified atom stereocenters. The number of anilines is 2. The van der Waals surface area contributed by atoms with Crippen molar-refractivity contribution in [2.45, 2.75) is 6.92 Å². The number of benzene rings is 2. The highest BCUT2D eigenvalue weighted by molar-refractivity contribution is 14.2. The third-order valence-corrected chi connectivity index (χ3v) is 8.41. The average molecular weight is 462 g/mol. The Morgan fingerprint density at radius 2 is 1.59 bits per heavy atom. The Morgan fingerprint density at radius 3 is 2.27 bits per heavy atom. The van der Waals surface area contributed by atoms with Gasteiger partial charge in [0.05, 0.1) is 0 Å². The van der Waals surface area contributed by atoms with Crippen LogP contribution < -0.4 is 10.6 Å². The van der Waals surface area contributed by atoms with Crippen molar-refractivity contribution in [2.24, 2.45) is 4.99 Å². The van der Waals surface area contributed by atoms with E-state index in [0.717, 1.165) is 26.7 Å². The molecule has 0 bridgehead atoms. The number of rotatable bonds is 2. The molecule has 0 aromatic heterocycles. The molecular weight excluding hydrogens is 449 g/mol. The summed E-state index contributed by atoms with van der Waals surface area (Å²) in [6.07, 6.45) is 0. The summed E-state index contributed by atoms with van der Waals surface area (Å²) in [6, 6.07) is 15.9. The van der Waals surface area contributed by atoms with Crippen molar-refractivity contribution < 1.29 is 0 Å². The fraction of sp³-hybridized carbons (Fsp3) is 0.0667. The lowest BCUT2D eigenvalue weighted by atomic mass is 10.2. The highest BCUT2D eigenvalue weighted by Gasteiger charge is 2.16. The Bertz CT molecular complexity index is 742. The van der Waals surface area contributed by atoms with Crippen LogP contribution in [-0.2, 0) is 0 Å². The van der Waals surface area contributed by atoms with Crippen LogP contribution in [0.25, 0.3) is 0 Å². The summed E-state index contributed by atoms with van der Waals surface area (Å²) in [5.74, 6) is 0. The second-order valence-corrected chi connectivity index (χ2v) is 12.4. The van der Waals surface area contributed by atoms with Gasteiger partial charge in [0.25, 0.3) is 0 Å². The van der Waals surface area contributed by atoms with Gasteiger partial charge in [0.2, 0.25) is 0 Å². The molecule has 22 heavy (non-hydrogen) atoms. The van der Waals surface area contributed by atoms with E-state index in [9.17, 15) is 0 Å². The molecule has 0 amide bonds. The van der Waals surface area contributed by atoms with Crippen LogP contribution in [0.1, 0.15) is 5.56 Å². The Kier molecular flexibility index (Phi) is 5.33. The Morgan fingerprint density at radius 1 is 1.00 bits per heavy atom. The van der Waals surface area contributed by atoms with Crippen LogP contribution in [0.5, 0.6) is 0 Å². The van der Waals surface area contributed by atoms with Gasteiger partial charge >= 0.3 is 0 Å². The van der Waals surface area contributed by atoms with Crippen LogP contribution in [0.4, 0.5) is 11.4 Å². The van der Waals surface area contributed by atoms with Gasteiger partial charge in [-0.3, -0.25) is 0 Å². The van der Waals surface area contributed by atoms with Gasteiger partial charge in [-0.2, -0.15) is 4.99 Å². The first-order valence-electron chi connectivity index (χ1n) is 6.51. The Balaban J connectivity index is 1.69. The summed E-state index contributed by atoms with van der Waals surface area (Å²) >= 11 is 8.31. The molecule has 3 rings (SSSR count). The van der Waals surface area contributed by atoms with Crippen LogP contribution in [0.3, 0.4) is 0 Å². The topological polar surface area (TPSA) is 36.4 Å². The molecule has 0 saturated carbocycles. The number of hydrogen-bond acceptors (Lipinski definition) is 4. The van der Waals surface area contributed by atoms with Gasteiger partial charge in [0, 0.05) is 37.6 Å². The number of aryl methyl sites for hydroxylation is 1. The first kappa shape index (κ1) is 16.2. The van der Waals surface area contributed by atoms with E-state index in [1.54, 1.807) is 10.8 Å². The maximum atomic E-state index is 5.91. The number of nitrogens with one attached hydrogen (secondary N) is 2. The van der Waals surface area contributed by atoms with Gasteiger partial charge in [-0.15, -0.1) is 0 Å². The predicted molar refractivity (Wildman–Crippen MR) is 112 cm³/mol. The molecule has 2 aromatic rings. The number of nitrogens with zero attached hydrogens (tertiary/aromatic N) is 1. The lowest BCUT2D eigenvalue weighted by molar-refractivity contribution is 1.47. The van der Waals surface area contributed by atoms with Crippen LogP contribution in [0, 0.1) is 6.92 Å². The summed E-state index contributed by atoms with van der Waals surface area (Å²) in [5.41, 5.74) is 3.30. The van der Waals surface area contributed by atoms with Crippen LogP contribution in [-0.4, -0.2) is 10.3 Å². The SMILES string of the molecule is Cc1ccc(NC2=NC(Nc3ccc(Cl)cc3)=S(I)S2)cc1. The van der Waals surface area contributed by atoms with E-state index < -0.39 is 0 Å². The van der Waals surface area contributed by atoms with E-state index in [4.69, 9.17) is 11.6 Å². The molecule has 3 nitrogen and oxygen atoms in total. The van der Waals surface area contributed by atoms with Crippen molar-refractivity contribution in [1.29, 1.82) is 0 Å². The fourth-order valence-electron chi connectivity index (χ4n) is 1.79. The first-order valence-corrected chi connectivity index (χ1v) is 12.0. The molecule has 114 valence electrons. The summed E-state index contributed by atoms with van der Waals surface area (Å²) in [7, 11) is 1.72. The second-order valence-electron chi connectivity index (χ2n) is 4.65. The van der Waals surface area contributed by atoms with Gasteiger partial charge in [0.15, 0.2) is 10.3 Å². The van der Waals surface area contributed by atoms with E-state index >= 15 is 0 Å². The third-order valence-electron chi connectivity index (χ3n) is 2.91. The number of aliphatic imine (C=N–C) groups is 1. The average Bonchev–Trinajstić information content (AvgIpc) is 2.84. The summed E-state index contributed by atoms with van der Waals surface area (Å²) < 4.78 is 0. The van der Waals surface area contributed by atoms with Gasteiger partial charge in [0.1, 0.15) is 0 Å². The highest BCUT2D eigenvalue weighted by atomic mass is 127. The minimum absolute atomic E-state index is 0.0316. The van der Waals surface area contributed by atoms with E-state index in [1.165, 1.54) is 5.56 Å². The molecule has 2 N–H and O–H groups in total. The number of hydrogen-bond donors (Lipinski definition) is 2. The summed E-state index contributed by atoms with van der Waals surface area (Å²) in [5, 5.41) is 9.32. The maximum Gasteiger partial charge on any atom is 0.179 e. The minimum Gasteiger partial charge on any atom is -0.334 e. The predicted octanol–water partition coefficient (Wildman–Crippen LogP) is 5.90. The molecule has 2 aromatic carbocycles. The maximum absolute atomic E-state index is 5.91. The molecule has 0 radical (unpaired) electrons. The van der Waals surface area contributed by atoms with Gasteiger partial charge in [-0.25, -0.2) is 0 Å². The van der Waals surface area contributed by atoms with Crippen molar-refractivity contribution in [3.8, 4) is 0 Å². The van der Waals surface area contributed by atoms with Crippen LogP contribution in [0.2, 0.25) is 5.02 Å². The molecule has 1 aliphatic heterocycles. The standard InChI is InChI=1S/C15H13ClIN3S2/c1-10-2-6-12(7-3-10)18-14-20-15(22(17)21-14)19-13-8-4-11(16)5-9-13/h2-9,19H,1H3,(H,18,20). The van der Waals surface area contributed by atoms with Crippen LogP contribution >= 0.6 is 50.3 Å². The lowest BCUT2D eigenvalue weighted by Gasteiger charge is -2.05. The number of amidine groups is 1. The fourth-order valence-corrected chi connectivity index (χ4v) is 6.12. The van der Waals surface area contributed by atoms with Gasteiger partial charge in [-0.05, 0) is 60.8 Å². The monoisotopic (exact) mass is 461 g/mol. The van der Waals surface area contributed by atoms with Crippen molar-refractivity contribution in [3.05, 3.63) is 59.1 Å². The third kappa shape index (κ3) is 4.18. The highest BCUT2D eigenvalue weighted by Crippen LogP contribution is 2.45. The number of halogens is 2. The Hall–Kier alpha value is -0.700. The molecule has 0 aliphatic carbocycles. The zero-order valence-electron chi connectivity index (χ0n) is 11.6. The summed E-state index contributed by atoms with van der Waals surface area (Å²) in [4.78, 5) is 4.65. The largest absolute Gasteiger partial charge is 0.334 e. The van der Waals surface area contributed by atoms with Crippen LogP contribution in [0.15, 0.2) is 53.5 Å². The summed E-state index contributed by atoms with van der Waals surface area (Å²) in [6.45, 7) is 2.05. The van der Waals surface area contributed by atoms with E-state index in [1.807, 2.05) is 24.3 Å². The zero-order chi connectivity index (χ0) is 15.5. The van der Waals surface area contributed by atoms with Crippen molar-refractivity contribution in [3.63, 3.8) is 0 Å². The van der Waals surface area contributed by atoms with Crippen molar-refractivity contribution in [1.82, 2.24) is 0 Å². The minimum atomic E-state index is -0.0316. The normalized spacial score (nSPS) is 17.3. The molecule has 0 saturated heterocycles. The van der Waals surface area contributed by atoms with Crippen molar-refractivity contribution in [2.75, 3.05) is 10.6 Å². The molecule has 0 fully saturated rings.